The molecule has 9 heteroatoms. The predicted molar refractivity (Wildman–Crippen MR) is 122 cm³/mol. The van der Waals surface area contributed by atoms with Gasteiger partial charge in [0.15, 0.2) is 0 Å². The number of alkyl halides is 3. The summed E-state index contributed by atoms with van der Waals surface area (Å²) in [4.78, 5) is 40.2. The van der Waals surface area contributed by atoms with Crippen LogP contribution in [0, 0.1) is 6.92 Å². The van der Waals surface area contributed by atoms with Crippen LogP contribution in [0.25, 0.3) is 5.69 Å². The van der Waals surface area contributed by atoms with E-state index >= 15 is 0 Å². The Morgan fingerprint density at radius 3 is 2.26 bits per heavy atom. The molecule has 34 heavy (non-hydrogen) atoms. The van der Waals surface area contributed by atoms with E-state index in [4.69, 9.17) is 0 Å². The van der Waals surface area contributed by atoms with E-state index in [2.05, 4.69) is 5.32 Å². The molecule has 0 fully saturated rings. The van der Waals surface area contributed by atoms with Gasteiger partial charge in [0.1, 0.15) is 5.56 Å². The van der Waals surface area contributed by atoms with Gasteiger partial charge in [-0.05, 0) is 43.2 Å². The lowest BCUT2D eigenvalue weighted by atomic mass is 10.1. The molecule has 0 saturated heterocycles. The number of carbonyl (C=O) groups excluding carboxylic acids is 2. The number of hydrogen-bond donors (Lipinski definition) is 1. The van der Waals surface area contributed by atoms with E-state index in [1.54, 1.807) is 0 Å². The fourth-order valence-corrected chi connectivity index (χ4v) is 3.52. The molecule has 0 aliphatic rings. The van der Waals surface area contributed by atoms with Crippen molar-refractivity contribution in [1.82, 2.24) is 14.8 Å². The molecule has 1 aromatic heterocycles. The van der Waals surface area contributed by atoms with Crippen molar-refractivity contribution in [3.63, 3.8) is 0 Å². The Bertz CT molecular complexity index is 1270. The lowest BCUT2D eigenvalue weighted by Crippen LogP contribution is -2.36. The van der Waals surface area contributed by atoms with Gasteiger partial charge < -0.3 is 10.2 Å². The fourth-order valence-electron chi connectivity index (χ4n) is 3.52. The van der Waals surface area contributed by atoms with Gasteiger partial charge in [0.2, 0.25) is 0 Å². The molecule has 0 aliphatic heterocycles. The summed E-state index contributed by atoms with van der Waals surface area (Å²) in [7, 11) is 3.00. The third kappa shape index (κ3) is 5.36. The average Bonchev–Trinajstić information content (AvgIpc) is 2.79. The van der Waals surface area contributed by atoms with Crippen LogP contribution < -0.4 is 10.9 Å². The van der Waals surface area contributed by atoms with Crippen molar-refractivity contribution in [2.24, 2.45) is 0 Å². The average molecular weight is 471 g/mol. The number of pyridine rings is 1. The second-order valence-corrected chi connectivity index (χ2v) is 7.94. The zero-order valence-corrected chi connectivity index (χ0v) is 18.9. The van der Waals surface area contributed by atoms with Crippen molar-refractivity contribution in [3.05, 3.63) is 99.0 Å². The summed E-state index contributed by atoms with van der Waals surface area (Å²) in [5.74, 6) is -1.20. The summed E-state index contributed by atoms with van der Waals surface area (Å²) < 4.78 is 40.8. The Balaban J connectivity index is 2.07. The van der Waals surface area contributed by atoms with E-state index in [1.165, 1.54) is 44.1 Å². The molecule has 0 aliphatic carbocycles. The topological polar surface area (TPSA) is 71.4 Å². The molecular weight excluding hydrogens is 447 g/mol. The highest BCUT2D eigenvalue weighted by Crippen LogP contribution is 2.30. The summed E-state index contributed by atoms with van der Waals surface area (Å²) in [5, 5.41) is 2.66. The van der Waals surface area contributed by atoms with Gasteiger partial charge in [0, 0.05) is 32.0 Å². The fraction of sp³-hybridized carbons (Fsp3) is 0.240. The predicted octanol–water partition coefficient (Wildman–Crippen LogP) is 3.84. The number of benzene rings is 2. The maximum absolute atomic E-state index is 13.3. The van der Waals surface area contributed by atoms with Gasteiger partial charge in [0.25, 0.3) is 17.4 Å². The van der Waals surface area contributed by atoms with E-state index in [1.807, 2.05) is 30.3 Å². The normalized spacial score (nSPS) is 11.2. The molecule has 6 nitrogen and oxygen atoms in total. The minimum atomic E-state index is -4.62. The second kappa shape index (κ2) is 9.94. The summed E-state index contributed by atoms with van der Waals surface area (Å²) in [6.45, 7) is 1.69. The summed E-state index contributed by atoms with van der Waals surface area (Å²) in [5.41, 5.74) is -1.04. The summed E-state index contributed by atoms with van der Waals surface area (Å²) in [6.07, 6.45) is -4.11. The van der Waals surface area contributed by atoms with Gasteiger partial charge in [-0.1, -0.05) is 36.4 Å². The third-order valence-electron chi connectivity index (χ3n) is 5.30. The molecular formula is C25H24F3N3O3. The van der Waals surface area contributed by atoms with Crippen molar-refractivity contribution < 1.29 is 22.8 Å². The maximum atomic E-state index is 13.3. The SMILES string of the molecule is Cc1c(C(=O)N(C)C)cc(C(=O)NCCc2ccccc2)c(=O)n1-c1cccc(C(F)(F)F)c1. The van der Waals surface area contributed by atoms with Crippen molar-refractivity contribution in [1.29, 1.82) is 0 Å². The largest absolute Gasteiger partial charge is 0.416 e. The highest BCUT2D eigenvalue weighted by atomic mass is 19.4. The monoisotopic (exact) mass is 471 g/mol. The smallest absolute Gasteiger partial charge is 0.352 e. The minimum absolute atomic E-state index is 0.0372. The zero-order valence-electron chi connectivity index (χ0n) is 18.9. The molecule has 1 N–H and O–H groups in total. The first kappa shape index (κ1) is 24.8. The Labute approximate surface area is 194 Å². The zero-order chi connectivity index (χ0) is 25.0. The molecule has 0 saturated carbocycles. The second-order valence-electron chi connectivity index (χ2n) is 7.94. The van der Waals surface area contributed by atoms with E-state index in [0.717, 1.165) is 22.3 Å². The van der Waals surface area contributed by atoms with Crippen LogP contribution in [0.2, 0.25) is 0 Å². The minimum Gasteiger partial charge on any atom is -0.352 e. The molecule has 2 amide bonds. The van der Waals surface area contributed by atoms with Gasteiger partial charge in [-0.15, -0.1) is 0 Å². The van der Waals surface area contributed by atoms with Crippen molar-refractivity contribution in [2.75, 3.05) is 20.6 Å². The Morgan fingerprint density at radius 2 is 1.65 bits per heavy atom. The van der Waals surface area contributed by atoms with Crippen LogP contribution in [0.1, 0.15) is 37.5 Å². The first-order valence-corrected chi connectivity index (χ1v) is 10.5. The van der Waals surface area contributed by atoms with Gasteiger partial charge in [0.05, 0.1) is 11.1 Å². The molecule has 0 radical (unpaired) electrons. The third-order valence-corrected chi connectivity index (χ3v) is 5.30. The summed E-state index contributed by atoms with van der Waals surface area (Å²) >= 11 is 0. The summed E-state index contributed by atoms with van der Waals surface area (Å²) in [6, 6.07) is 14.8. The first-order valence-electron chi connectivity index (χ1n) is 10.5. The lowest BCUT2D eigenvalue weighted by Gasteiger charge is -2.19. The number of halogens is 3. The molecule has 0 spiro atoms. The van der Waals surface area contributed by atoms with Crippen LogP contribution in [0.5, 0.6) is 0 Å². The number of amides is 2. The van der Waals surface area contributed by atoms with Crippen molar-refractivity contribution in [3.8, 4) is 5.69 Å². The van der Waals surface area contributed by atoms with E-state index in [9.17, 15) is 27.6 Å². The van der Waals surface area contributed by atoms with Crippen LogP contribution in [-0.2, 0) is 12.6 Å². The van der Waals surface area contributed by atoms with Gasteiger partial charge in [-0.25, -0.2) is 0 Å². The quantitative estimate of drug-likeness (QED) is 0.594. The van der Waals surface area contributed by atoms with E-state index < -0.39 is 29.1 Å². The molecule has 3 rings (SSSR count). The standard InChI is InChI=1S/C25H24F3N3O3/c1-16-20(23(33)30(2)3)15-21(22(32)29-13-12-17-8-5-4-6-9-17)24(34)31(16)19-11-7-10-18(14-19)25(26,27)28/h4-11,14-15H,12-13H2,1-3H3,(H,29,32). The lowest BCUT2D eigenvalue weighted by molar-refractivity contribution is -0.137. The van der Waals surface area contributed by atoms with Gasteiger partial charge >= 0.3 is 6.18 Å². The highest BCUT2D eigenvalue weighted by Gasteiger charge is 2.31. The maximum Gasteiger partial charge on any atom is 0.416 e. The molecule has 3 aromatic rings. The highest BCUT2D eigenvalue weighted by molar-refractivity contribution is 6.00. The molecule has 178 valence electrons. The number of rotatable bonds is 6. The number of nitrogens with one attached hydrogen (secondary N) is 1. The molecule has 2 aromatic carbocycles. The number of aromatic nitrogens is 1. The van der Waals surface area contributed by atoms with Crippen molar-refractivity contribution >= 4 is 11.8 Å². The number of hydrogen-bond acceptors (Lipinski definition) is 3. The Morgan fingerprint density at radius 1 is 0.971 bits per heavy atom. The number of nitrogens with zero attached hydrogens (tertiary/aromatic N) is 2. The van der Waals surface area contributed by atoms with E-state index in [-0.39, 0.29) is 29.1 Å². The Hall–Kier alpha value is -3.88. The van der Waals surface area contributed by atoms with Crippen LogP contribution in [0.4, 0.5) is 13.2 Å². The van der Waals surface area contributed by atoms with Crippen LogP contribution in [0.3, 0.4) is 0 Å². The molecule has 1 heterocycles. The van der Waals surface area contributed by atoms with Crippen LogP contribution >= 0.6 is 0 Å². The van der Waals surface area contributed by atoms with Crippen molar-refractivity contribution in [2.45, 2.75) is 19.5 Å². The first-order chi connectivity index (χ1) is 16.0. The molecule has 0 atom stereocenters. The van der Waals surface area contributed by atoms with Gasteiger partial charge in [-0.3, -0.25) is 19.0 Å². The van der Waals surface area contributed by atoms with Crippen LogP contribution in [-0.4, -0.2) is 41.9 Å². The number of carbonyl (C=O) groups is 2. The van der Waals surface area contributed by atoms with Gasteiger partial charge in [-0.2, -0.15) is 13.2 Å². The molecule has 0 bridgehead atoms. The Kier molecular flexibility index (Phi) is 7.24. The van der Waals surface area contributed by atoms with Crippen LogP contribution in [0.15, 0.2) is 65.5 Å². The molecule has 0 unspecified atom stereocenters. The van der Waals surface area contributed by atoms with E-state index in [0.29, 0.717) is 6.42 Å².